The van der Waals surface area contributed by atoms with Crippen molar-refractivity contribution < 1.29 is 30.8 Å². The first-order chi connectivity index (χ1) is 17.9. The molecule has 0 radical (unpaired) electrons. The van der Waals surface area contributed by atoms with Gasteiger partial charge < -0.3 is 14.3 Å². The number of carbonyl (C=O) groups excluding carboxylic acids is 1. The minimum Gasteiger partial charge on any atom is -0.455 e. The molecule has 0 unspecified atom stereocenters. The molecule has 1 aliphatic carbocycles. The number of hydrogen-bond acceptors (Lipinski definition) is 5. The van der Waals surface area contributed by atoms with Crippen LogP contribution in [0.4, 0.5) is 18.9 Å². The third kappa shape index (κ3) is 4.68. The molecule has 1 amide bonds. The minimum atomic E-state index is -5.63. The quantitative estimate of drug-likeness (QED) is 0.270. The molecular formula is C25H22BrF3N4O4S. The second-order valence-corrected chi connectivity index (χ2v) is 11.5. The van der Waals surface area contributed by atoms with Crippen molar-refractivity contribution in [2.24, 2.45) is 0 Å². The zero-order valence-corrected chi connectivity index (χ0v) is 22.6. The van der Waals surface area contributed by atoms with E-state index in [1.54, 1.807) is 30.8 Å². The van der Waals surface area contributed by atoms with Crippen molar-refractivity contribution in [1.82, 2.24) is 14.9 Å². The van der Waals surface area contributed by atoms with Gasteiger partial charge in [0.1, 0.15) is 17.1 Å². The molecular weight excluding hydrogens is 589 g/mol. The summed E-state index contributed by atoms with van der Waals surface area (Å²) in [5, 5.41) is 3.31. The van der Waals surface area contributed by atoms with Crippen molar-refractivity contribution in [3.63, 3.8) is 0 Å². The standard InChI is InChI=1S/C25H22BrF3N4O4S/c1-13-21(24(34)30-2)33(23(31-13)15-8-9-15)12-14-7-10-19-17(11-14)20(26)22(37-19)16-5-3-4-6-18(16)32-38(35,36)25(27,28)29/h3-7,10-11,15,32H,8-9,12H2,1-2H3,(H,30,34). The molecule has 1 fully saturated rings. The van der Waals surface area contributed by atoms with Crippen LogP contribution in [0.1, 0.15) is 46.3 Å². The lowest BCUT2D eigenvalue weighted by Gasteiger charge is -2.13. The number of fused-ring (bicyclic) bond motifs is 1. The molecule has 0 atom stereocenters. The molecule has 13 heteroatoms. The molecule has 1 aliphatic rings. The van der Waals surface area contributed by atoms with Gasteiger partial charge in [0.05, 0.1) is 15.9 Å². The molecule has 0 spiro atoms. The van der Waals surface area contributed by atoms with Gasteiger partial charge in [-0.05, 0) is 65.5 Å². The van der Waals surface area contributed by atoms with Gasteiger partial charge in [-0.15, -0.1) is 0 Å². The first-order valence-corrected chi connectivity index (χ1v) is 13.9. The van der Waals surface area contributed by atoms with Crippen molar-refractivity contribution in [3.05, 3.63) is 69.7 Å². The number of aromatic nitrogens is 2. The molecule has 38 heavy (non-hydrogen) atoms. The summed E-state index contributed by atoms with van der Waals surface area (Å²) >= 11 is 3.49. The number of aryl methyl sites for hydroxylation is 1. The summed E-state index contributed by atoms with van der Waals surface area (Å²) in [5.74, 6) is 1.10. The van der Waals surface area contributed by atoms with Crippen LogP contribution in [0.15, 0.2) is 51.4 Å². The van der Waals surface area contributed by atoms with Crippen LogP contribution in [0.2, 0.25) is 0 Å². The van der Waals surface area contributed by atoms with Crippen molar-refractivity contribution in [2.75, 3.05) is 11.8 Å². The topological polar surface area (TPSA) is 106 Å². The van der Waals surface area contributed by atoms with Crippen LogP contribution in [-0.4, -0.2) is 36.4 Å². The number of carbonyl (C=O) groups is 1. The lowest BCUT2D eigenvalue weighted by atomic mass is 10.1. The average Bonchev–Trinajstić information content (AvgIpc) is 3.58. The van der Waals surface area contributed by atoms with Crippen LogP contribution in [0.5, 0.6) is 0 Å². The molecule has 2 aromatic carbocycles. The number of furan rings is 1. The maximum Gasteiger partial charge on any atom is 0.516 e. The SMILES string of the molecule is CNC(=O)c1c(C)nc(C2CC2)n1Cc1ccc2oc(-c3ccccc3NS(=O)(=O)C(F)(F)F)c(Br)c2c1. The number of nitrogens with zero attached hydrogens (tertiary/aromatic N) is 2. The van der Waals surface area contributed by atoms with Crippen LogP contribution in [0.3, 0.4) is 0 Å². The van der Waals surface area contributed by atoms with Gasteiger partial charge in [-0.25, -0.2) is 4.98 Å². The summed E-state index contributed by atoms with van der Waals surface area (Å²) in [6.07, 6.45) is 2.02. The Hall–Kier alpha value is -3.32. The molecule has 2 N–H and O–H groups in total. The summed E-state index contributed by atoms with van der Waals surface area (Å²) in [4.78, 5) is 17.3. The average molecular weight is 611 g/mol. The highest BCUT2D eigenvalue weighted by atomic mass is 79.9. The van der Waals surface area contributed by atoms with Gasteiger partial charge in [-0.3, -0.25) is 9.52 Å². The Bertz CT molecular complexity index is 1670. The Balaban J connectivity index is 1.55. The molecule has 4 aromatic rings. The van der Waals surface area contributed by atoms with E-state index in [1.165, 1.54) is 18.2 Å². The molecule has 0 saturated heterocycles. The number of hydrogen-bond donors (Lipinski definition) is 2. The zero-order chi connectivity index (χ0) is 27.4. The Morgan fingerprint density at radius 1 is 1.21 bits per heavy atom. The molecule has 0 aliphatic heterocycles. The number of anilines is 1. The Morgan fingerprint density at radius 2 is 1.92 bits per heavy atom. The van der Waals surface area contributed by atoms with Crippen LogP contribution in [0, 0.1) is 6.92 Å². The summed E-state index contributed by atoms with van der Waals surface area (Å²) in [7, 11) is -4.06. The number of rotatable bonds is 7. The van der Waals surface area contributed by atoms with Crippen LogP contribution in [-0.2, 0) is 16.6 Å². The number of halogens is 4. The van der Waals surface area contributed by atoms with E-state index in [0.717, 1.165) is 24.2 Å². The number of sulfonamides is 1. The van der Waals surface area contributed by atoms with Crippen LogP contribution in [0.25, 0.3) is 22.3 Å². The van der Waals surface area contributed by atoms with E-state index < -0.39 is 15.5 Å². The highest BCUT2D eigenvalue weighted by molar-refractivity contribution is 9.10. The summed E-state index contributed by atoms with van der Waals surface area (Å²) in [5.41, 5.74) is -3.18. The lowest BCUT2D eigenvalue weighted by Crippen LogP contribution is -2.30. The number of nitrogens with one attached hydrogen (secondary N) is 2. The normalized spacial score (nSPS) is 14.2. The number of amides is 1. The van der Waals surface area contributed by atoms with Crippen molar-refractivity contribution in [2.45, 2.75) is 37.7 Å². The summed E-state index contributed by atoms with van der Waals surface area (Å²) in [6, 6.07) is 11.1. The van der Waals surface area contributed by atoms with Crippen LogP contribution >= 0.6 is 15.9 Å². The van der Waals surface area contributed by atoms with Gasteiger partial charge in [-0.2, -0.15) is 21.6 Å². The molecule has 2 aromatic heterocycles. The number of alkyl halides is 3. The monoisotopic (exact) mass is 610 g/mol. The fraction of sp³-hybridized carbons (Fsp3) is 0.280. The molecule has 5 rings (SSSR count). The maximum atomic E-state index is 13.0. The lowest BCUT2D eigenvalue weighted by molar-refractivity contribution is -0.0429. The molecule has 0 bridgehead atoms. The van der Waals surface area contributed by atoms with Crippen LogP contribution < -0.4 is 10.0 Å². The molecule has 8 nitrogen and oxygen atoms in total. The summed E-state index contributed by atoms with van der Waals surface area (Å²) < 4.78 is 72.4. The van der Waals surface area contributed by atoms with Gasteiger partial charge in [0.2, 0.25) is 0 Å². The van der Waals surface area contributed by atoms with E-state index in [9.17, 15) is 26.4 Å². The zero-order valence-electron chi connectivity index (χ0n) is 20.2. The number of imidazole rings is 1. The highest BCUT2D eigenvalue weighted by Gasteiger charge is 2.46. The molecule has 2 heterocycles. The van der Waals surface area contributed by atoms with Gasteiger partial charge >= 0.3 is 15.5 Å². The van der Waals surface area contributed by atoms with E-state index in [4.69, 9.17) is 4.42 Å². The van der Waals surface area contributed by atoms with Gasteiger partial charge in [0.25, 0.3) is 5.91 Å². The first-order valence-electron chi connectivity index (χ1n) is 11.6. The van der Waals surface area contributed by atoms with E-state index in [1.807, 2.05) is 16.7 Å². The van der Waals surface area contributed by atoms with Gasteiger partial charge in [-0.1, -0.05) is 18.2 Å². The van der Waals surface area contributed by atoms with E-state index >= 15 is 0 Å². The van der Waals surface area contributed by atoms with Crippen molar-refractivity contribution in [1.29, 1.82) is 0 Å². The minimum absolute atomic E-state index is 0.133. The van der Waals surface area contributed by atoms with E-state index in [0.29, 0.717) is 39.3 Å². The fourth-order valence-electron chi connectivity index (χ4n) is 4.36. The highest BCUT2D eigenvalue weighted by Crippen LogP contribution is 2.43. The van der Waals surface area contributed by atoms with Gasteiger partial charge in [0.15, 0.2) is 5.76 Å². The third-order valence-corrected chi connectivity index (χ3v) is 8.19. The van der Waals surface area contributed by atoms with E-state index in [-0.39, 0.29) is 22.9 Å². The largest absolute Gasteiger partial charge is 0.516 e. The summed E-state index contributed by atoms with van der Waals surface area (Å²) in [6.45, 7) is 2.18. The number of benzene rings is 2. The fourth-order valence-corrected chi connectivity index (χ4v) is 5.54. The second-order valence-electron chi connectivity index (χ2n) is 9.02. The maximum absolute atomic E-state index is 13.0. The Labute approximate surface area is 224 Å². The van der Waals surface area contributed by atoms with Crippen molar-refractivity contribution in [3.8, 4) is 11.3 Å². The molecule has 200 valence electrons. The first kappa shape index (κ1) is 26.3. The van der Waals surface area contributed by atoms with E-state index in [2.05, 4.69) is 26.2 Å². The smallest absolute Gasteiger partial charge is 0.455 e. The Morgan fingerprint density at radius 3 is 2.58 bits per heavy atom. The predicted octanol–water partition coefficient (Wildman–Crippen LogP) is 5.91. The van der Waals surface area contributed by atoms with Gasteiger partial charge in [0, 0.05) is 30.5 Å². The third-order valence-electron chi connectivity index (χ3n) is 6.31. The molecule has 1 saturated carbocycles. The Kier molecular flexibility index (Phi) is 6.54. The predicted molar refractivity (Wildman–Crippen MR) is 139 cm³/mol. The van der Waals surface area contributed by atoms with Crippen molar-refractivity contribution >= 4 is 48.5 Å². The number of para-hydroxylation sites is 1. The second kappa shape index (κ2) is 9.45.